The lowest BCUT2D eigenvalue weighted by molar-refractivity contribution is -0.121. The zero-order chi connectivity index (χ0) is 23.7. The molecule has 1 aliphatic carbocycles. The minimum Gasteiger partial charge on any atom is -0.348 e. The Bertz CT molecular complexity index is 1440. The van der Waals surface area contributed by atoms with E-state index in [1.54, 1.807) is 28.8 Å². The summed E-state index contributed by atoms with van der Waals surface area (Å²) in [5.41, 5.74) is 3.52. The van der Waals surface area contributed by atoms with Crippen molar-refractivity contribution in [2.24, 2.45) is 0 Å². The Morgan fingerprint density at radius 3 is 2.76 bits per heavy atom. The van der Waals surface area contributed by atoms with Gasteiger partial charge < -0.3 is 5.32 Å². The first-order valence-corrected chi connectivity index (χ1v) is 12.6. The molecule has 0 radical (unpaired) electrons. The summed E-state index contributed by atoms with van der Waals surface area (Å²) in [4.78, 5) is 31.4. The van der Waals surface area contributed by atoms with Gasteiger partial charge in [-0.2, -0.15) is 0 Å². The number of nitrogens with zero attached hydrogens (tertiary/aromatic N) is 2. The van der Waals surface area contributed by atoms with Gasteiger partial charge in [-0.1, -0.05) is 65.8 Å². The molecule has 2 atom stereocenters. The third-order valence-corrected chi connectivity index (χ3v) is 7.44. The Morgan fingerprint density at radius 2 is 1.91 bits per heavy atom. The molecule has 0 saturated heterocycles. The van der Waals surface area contributed by atoms with Crippen molar-refractivity contribution < 1.29 is 4.79 Å². The predicted molar refractivity (Wildman–Crippen MR) is 138 cm³/mol. The Labute approximate surface area is 207 Å². The average molecular weight is 490 g/mol. The van der Waals surface area contributed by atoms with Crippen LogP contribution in [0.2, 0.25) is 5.02 Å². The fourth-order valence-corrected chi connectivity index (χ4v) is 5.56. The molecule has 0 bridgehead atoms. The normalized spacial score (nSPS) is 16.1. The summed E-state index contributed by atoms with van der Waals surface area (Å²) < 4.78 is 1.54. The van der Waals surface area contributed by atoms with Crippen molar-refractivity contribution in [2.45, 2.75) is 42.6 Å². The largest absolute Gasteiger partial charge is 0.348 e. The second-order valence-corrected chi connectivity index (χ2v) is 10.2. The second-order valence-electron chi connectivity index (χ2n) is 8.44. The van der Waals surface area contributed by atoms with Crippen molar-refractivity contribution in [1.82, 2.24) is 14.9 Å². The van der Waals surface area contributed by atoms with Crippen molar-refractivity contribution in [3.8, 4) is 5.69 Å². The molecule has 5 rings (SSSR count). The first kappa shape index (κ1) is 22.7. The zero-order valence-electron chi connectivity index (χ0n) is 18.7. The first-order valence-electron chi connectivity index (χ1n) is 11.3. The average Bonchev–Trinajstić information content (AvgIpc) is 2.84. The minimum absolute atomic E-state index is 0.000172. The summed E-state index contributed by atoms with van der Waals surface area (Å²) in [5, 5.41) is 4.26. The molecule has 1 amide bonds. The van der Waals surface area contributed by atoms with Crippen LogP contribution in [0.15, 0.2) is 82.7 Å². The number of carbonyl (C=O) groups excluding carboxylic acids is 1. The van der Waals surface area contributed by atoms with Gasteiger partial charge in [0.05, 0.1) is 27.9 Å². The predicted octanol–water partition coefficient (Wildman–Crippen LogP) is 5.71. The lowest BCUT2D eigenvalue weighted by Crippen LogP contribution is -2.36. The van der Waals surface area contributed by atoms with Crippen LogP contribution in [0.25, 0.3) is 16.6 Å². The van der Waals surface area contributed by atoms with Crippen molar-refractivity contribution >= 4 is 40.2 Å². The van der Waals surface area contributed by atoms with Crippen LogP contribution in [0.5, 0.6) is 0 Å². The molecule has 1 N–H and O–H groups in total. The van der Waals surface area contributed by atoms with Crippen LogP contribution in [-0.4, -0.2) is 20.7 Å². The molecular weight excluding hydrogens is 466 g/mol. The minimum atomic E-state index is -0.451. The Morgan fingerprint density at radius 1 is 1.12 bits per heavy atom. The van der Waals surface area contributed by atoms with Crippen molar-refractivity contribution in [3.05, 3.63) is 99.3 Å². The van der Waals surface area contributed by atoms with Gasteiger partial charge in [-0.15, -0.1) is 0 Å². The van der Waals surface area contributed by atoms with Crippen molar-refractivity contribution in [2.75, 3.05) is 0 Å². The SMILES string of the molecule is C[C@H](Sc1nc2ccccc2c(=O)n1-c1cccc(Cl)c1)C(=O)N[C@@H]1CCCc2ccccc21. The number of benzene rings is 3. The van der Waals surface area contributed by atoms with Gasteiger partial charge in [0.25, 0.3) is 5.56 Å². The third kappa shape index (κ3) is 4.48. The summed E-state index contributed by atoms with van der Waals surface area (Å²) in [7, 11) is 0. The maximum absolute atomic E-state index is 13.4. The summed E-state index contributed by atoms with van der Waals surface area (Å²) in [6.45, 7) is 1.85. The number of hydrogen-bond acceptors (Lipinski definition) is 4. The number of rotatable bonds is 5. The lowest BCUT2D eigenvalue weighted by atomic mass is 9.88. The second kappa shape index (κ2) is 9.65. The maximum Gasteiger partial charge on any atom is 0.266 e. The molecule has 1 aliphatic rings. The fourth-order valence-electron chi connectivity index (χ4n) is 4.44. The summed E-state index contributed by atoms with van der Waals surface area (Å²) >= 11 is 7.49. The number of aryl methyl sites for hydroxylation is 1. The molecule has 0 saturated carbocycles. The highest BCUT2D eigenvalue weighted by Gasteiger charge is 2.25. The van der Waals surface area contributed by atoms with Gasteiger partial charge >= 0.3 is 0 Å². The highest BCUT2D eigenvalue weighted by molar-refractivity contribution is 8.00. The number of hydrogen-bond donors (Lipinski definition) is 1. The molecule has 7 heteroatoms. The molecule has 34 heavy (non-hydrogen) atoms. The molecule has 1 aromatic heterocycles. The molecule has 3 aromatic carbocycles. The lowest BCUT2D eigenvalue weighted by Gasteiger charge is -2.27. The quantitative estimate of drug-likeness (QED) is 0.288. The van der Waals surface area contributed by atoms with Crippen LogP contribution in [0.4, 0.5) is 0 Å². The van der Waals surface area contributed by atoms with Gasteiger partial charge in [0.2, 0.25) is 5.91 Å². The standard InChI is InChI=1S/C27H24ClN3O2S/c1-17(25(32)29-23-15-6-9-18-8-2-3-12-21(18)23)34-27-30-24-14-5-4-13-22(24)26(33)31(27)20-11-7-10-19(28)16-20/h2-5,7-8,10-14,16-17,23H,6,9,15H2,1H3,(H,29,32)/t17-,23+/m0/s1. The molecule has 172 valence electrons. The third-order valence-electron chi connectivity index (χ3n) is 6.15. The molecule has 0 fully saturated rings. The number of aromatic nitrogens is 2. The molecule has 5 nitrogen and oxygen atoms in total. The van der Waals surface area contributed by atoms with E-state index in [0.29, 0.717) is 26.8 Å². The zero-order valence-corrected chi connectivity index (χ0v) is 20.3. The fraction of sp³-hybridized carbons (Fsp3) is 0.222. The summed E-state index contributed by atoms with van der Waals surface area (Å²) in [6, 6.07) is 22.6. The van der Waals surface area contributed by atoms with Crippen LogP contribution in [-0.2, 0) is 11.2 Å². The summed E-state index contributed by atoms with van der Waals surface area (Å²) in [5.74, 6) is -0.0771. The van der Waals surface area contributed by atoms with Gasteiger partial charge in [-0.3, -0.25) is 14.2 Å². The van der Waals surface area contributed by atoms with E-state index in [4.69, 9.17) is 16.6 Å². The molecule has 0 spiro atoms. The van der Waals surface area contributed by atoms with Gasteiger partial charge in [-0.25, -0.2) is 4.98 Å². The molecular formula is C27H24ClN3O2S. The van der Waals surface area contributed by atoms with E-state index >= 15 is 0 Å². The molecule has 0 unspecified atom stereocenters. The Kier molecular flexibility index (Phi) is 6.44. The number of halogens is 1. The van der Waals surface area contributed by atoms with E-state index in [9.17, 15) is 9.59 Å². The Hall–Kier alpha value is -3.09. The number of thioether (sulfide) groups is 1. The van der Waals surface area contributed by atoms with Gasteiger partial charge in [-0.05, 0) is 67.6 Å². The first-order chi connectivity index (χ1) is 16.5. The summed E-state index contributed by atoms with van der Waals surface area (Å²) in [6.07, 6.45) is 3.01. The van der Waals surface area contributed by atoms with Crippen molar-refractivity contribution in [1.29, 1.82) is 0 Å². The van der Waals surface area contributed by atoms with E-state index in [0.717, 1.165) is 19.3 Å². The Balaban J connectivity index is 1.47. The topological polar surface area (TPSA) is 64.0 Å². The van der Waals surface area contributed by atoms with E-state index in [-0.39, 0.29) is 17.5 Å². The molecule has 4 aromatic rings. The van der Waals surface area contributed by atoms with Crippen molar-refractivity contribution in [3.63, 3.8) is 0 Å². The van der Waals surface area contributed by atoms with Gasteiger partial charge in [0, 0.05) is 5.02 Å². The van der Waals surface area contributed by atoms with Crippen LogP contribution in [0.3, 0.4) is 0 Å². The number of nitrogens with one attached hydrogen (secondary N) is 1. The molecule has 0 aliphatic heterocycles. The number of para-hydroxylation sites is 1. The number of fused-ring (bicyclic) bond motifs is 2. The highest BCUT2D eigenvalue weighted by Crippen LogP contribution is 2.31. The molecule has 1 heterocycles. The van der Waals surface area contributed by atoms with Crippen LogP contribution in [0, 0.1) is 0 Å². The van der Waals surface area contributed by atoms with E-state index in [1.165, 1.54) is 22.9 Å². The van der Waals surface area contributed by atoms with E-state index in [2.05, 4.69) is 17.4 Å². The smallest absolute Gasteiger partial charge is 0.266 e. The van der Waals surface area contributed by atoms with Crippen LogP contribution in [0.1, 0.15) is 36.9 Å². The highest BCUT2D eigenvalue weighted by atomic mass is 35.5. The van der Waals surface area contributed by atoms with Crippen LogP contribution < -0.4 is 10.9 Å². The van der Waals surface area contributed by atoms with E-state index in [1.807, 2.05) is 43.3 Å². The van der Waals surface area contributed by atoms with Crippen LogP contribution >= 0.6 is 23.4 Å². The van der Waals surface area contributed by atoms with Gasteiger partial charge in [0.1, 0.15) is 0 Å². The number of amides is 1. The monoisotopic (exact) mass is 489 g/mol. The van der Waals surface area contributed by atoms with E-state index < -0.39 is 5.25 Å². The number of carbonyl (C=O) groups is 1. The van der Waals surface area contributed by atoms with Gasteiger partial charge in [0.15, 0.2) is 5.16 Å². The maximum atomic E-state index is 13.4.